The van der Waals surface area contributed by atoms with Crippen molar-refractivity contribution < 1.29 is 0 Å². The lowest BCUT2D eigenvalue weighted by Crippen LogP contribution is -1.96. The Labute approximate surface area is 64.0 Å². The number of hydrogen-bond acceptors (Lipinski definition) is 0. The van der Waals surface area contributed by atoms with E-state index in [2.05, 4.69) is 19.7 Å². The van der Waals surface area contributed by atoms with Crippen LogP contribution in [0.2, 0.25) is 0 Å². The molecule has 0 fully saturated rings. The maximum Gasteiger partial charge on any atom is 0.000556 e. The van der Waals surface area contributed by atoms with Crippen molar-refractivity contribution in [2.45, 2.75) is 20.3 Å². The molecule has 0 aromatic carbocycles. The minimum atomic E-state index is 0.414. The Kier molecular flexibility index (Phi) is 3.78. The second-order valence-electron chi connectivity index (χ2n) is 2.85. The van der Waals surface area contributed by atoms with Gasteiger partial charge in [0.15, 0.2) is 0 Å². The Balaban J connectivity index is 3.96. The Morgan fingerprint density at radius 3 is 2.00 bits per heavy atom. The van der Waals surface area contributed by atoms with Gasteiger partial charge in [-0.15, -0.1) is 13.2 Å². The fourth-order valence-corrected chi connectivity index (χ4v) is 0.834. The molecule has 56 valence electrons. The minimum Gasteiger partial charge on any atom is -0.102 e. The molecule has 0 heterocycles. The van der Waals surface area contributed by atoms with Gasteiger partial charge in [0.2, 0.25) is 0 Å². The van der Waals surface area contributed by atoms with Crippen molar-refractivity contribution >= 4 is 0 Å². The van der Waals surface area contributed by atoms with Crippen LogP contribution in [0.3, 0.4) is 0 Å². The topological polar surface area (TPSA) is 0 Å². The van der Waals surface area contributed by atoms with Crippen LogP contribution in [-0.4, -0.2) is 0 Å². The summed E-state index contributed by atoms with van der Waals surface area (Å²) < 4.78 is 0. The lowest BCUT2D eigenvalue weighted by Gasteiger charge is -2.10. The summed E-state index contributed by atoms with van der Waals surface area (Å²) in [4.78, 5) is 0. The zero-order chi connectivity index (χ0) is 8.15. The molecule has 0 aromatic heterocycles. The van der Waals surface area contributed by atoms with Crippen LogP contribution in [0.4, 0.5) is 0 Å². The summed E-state index contributed by atoms with van der Waals surface area (Å²) >= 11 is 0. The second kappa shape index (κ2) is 4.10. The van der Waals surface area contributed by atoms with Gasteiger partial charge in [-0.2, -0.15) is 0 Å². The molecule has 10 heavy (non-hydrogen) atoms. The summed E-state index contributed by atoms with van der Waals surface area (Å²) in [5.41, 5.74) is 2.35. The van der Waals surface area contributed by atoms with Gasteiger partial charge < -0.3 is 0 Å². The van der Waals surface area contributed by atoms with Crippen LogP contribution in [0.1, 0.15) is 20.3 Å². The van der Waals surface area contributed by atoms with Crippen molar-refractivity contribution in [2.24, 2.45) is 5.92 Å². The fraction of sp³-hybridized carbons (Fsp3) is 0.400. The quantitative estimate of drug-likeness (QED) is 0.520. The summed E-state index contributed by atoms with van der Waals surface area (Å²) in [5, 5.41) is 0. The summed E-state index contributed by atoms with van der Waals surface area (Å²) in [7, 11) is 0. The fourth-order valence-electron chi connectivity index (χ4n) is 0.834. The molecule has 0 rings (SSSR count). The van der Waals surface area contributed by atoms with Crippen LogP contribution >= 0.6 is 0 Å². The van der Waals surface area contributed by atoms with Gasteiger partial charge in [0.25, 0.3) is 0 Å². The van der Waals surface area contributed by atoms with E-state index in [1.54, 1.807) is 0 Å². The van der Waals surface area contributed by atoms with Crippen LogP contribution in [0.25, 0.3) is 0 Å². The van der Waals surface area contributed by atoms with Crippen molar-refractivity contribution in [3.05, 3.63) is 37.0 Å². The zero-order valence-corrected chi connectivity index (χ0v) is 6.98. The van der Waals surface area contributed by atoms with E-state index < -0.39 is 0 Å². The summed E-state index contributed by atoms with van der Waals surface area (Å²) in [6.07, 6.45) is 2.91. The molecule has 0 aliphatic heterocycles. The number of rotatable bonds is 4. The van der Waals surface area contributed by atoms with E-state index in [-0.39, 0.29) is 0 Å². The van der Waals surface area contributed by atoms with E-state index in [9.17, 15) is 0 Å². The molecule has 0 spiro atoms. The number of hydrogen-bond donors (Lipinski definition) is 0. The van der Waals surface area contributed by atoms with Crippen molar-refractivity contribution in [3.8, 4) is 0 Å². The predicted octanol–water partition coefficient (Wildman–Crippen LogP) is 3.33. The van der Waals surface area contributed by atoms with Crippen LogP contribution in [0, 0.1) is 5.92 Å². The molecule has 1 unspecified atom stereocenters. The first-order valence-corrected chi connectivity index (χ1v) is 3.50. The van der Waals surface area contributed by atoms with Crippen LogP contribution in [-0.2, 0) is 0 Å². The maximum absolute atomic E-state index is 3.87. The third-order valence-electron chi connectivity index (χ3n) is 1.49. The standard InChI is InChI=1S/C10H16/c1-6-10(9(4)5)7-8(2)3/h6,10H,1-2,4,7H2,3,5H3. The molecule has 0 aliphatic rings. The van der Waals surface area contributed by atoms with Gasteiger partial charge in [-0.1, -0.05) is 23.8 Å². The molecule has 0 saturated heterocycles. The van der Waals surface area contributed by atoms with Gasteiger partial charge in [-0.3, -0.25) is 0 Å². The van der Waals surface area contributed by atoms with Crippen molar-refractivity contribution in [1.82, 2.24) is 0 Å². The van der Waals surface area contributed by atoms with Gasteiger partial charge in [0, 0.05) is 5.92 Å². The molecule has 0 N–H and O–H groups in total. The molecular formula is C10H16. The highest BCUT2D eigenvalue weighted by Crippen LogP contribution is 2.17. The van der Waals surface area contributed by atoms with Gasteiger partial charge >= 0.3 is 0 Å². The highest BCUT2D eigenvalue weighted by Gasteiger charge is 2.03. The Hall–Kier alpha value is -0.780. The molecule has 0 radical (unpaired) electrons. The minimum absolute atomic E-state index is 0.414. The van der Waals surface area contributed by atoms with Crippen molar-refractivity contribution in [1.29, 1.82) is 0 Å². The molecule has 0 nitrogen and oxygen atoms in total. The second-order valence-corrected chi connectivity index (χ2v) is 2.85. The van der Waals surface area contributed by atoms with Gasteiger partial charge in [-0.25, -0.2) is 0 Å². The van der Waals surface area contributed by atoms with E-state index in [4.69, 9.17) is 0 Å². The SMILES string of the molecule is C=CC(CC(=C)C)C(=C)C. The predicted molar refractivity (Wildman–Crippen MR) is 47.9 cm³/mol. The zero-order valence-electron chi connectivity index (χ0n) is 6.98. The largest absolute Gasteiger partial charge is 0.102 e. The maximum atomic E-state index is 3.87. The van der Waals surface area contributed by atoms with Gasteiger partial charge in [-0.05, 0) is 20.3 Å². The number of allylic oxidation sites excluding steroid dienone is 3. The molecule has 0 bridgehead atoms. The monoisotopic (exact) mass is 136 g/mol. The molecule has 0 amide bonds. The van der Waals surface area contributed by atoms with E-state index in [0.29, 0.717) is 5.92 Å². The molecule has 1 atom stereocenters. The Morgan fingerprint density at radius 2 is 1.90 bits per heavy atom. The van der Waals surface area contributed by atoms with E-state index in [1.165, 1.54) is 5.57 Å². The van der Waals surface area contributed by atoms with Crippen LogP contribution < -0.4 is 0 Å². The lowest BCUT2D eigenvalue weighted by atomic mass is 9.95. The lowest BCUT2D eigenvalue weighted by molar-refractivity contribution is 0.752. The summed E-state index contributed by atoms with van der Waals surface area (Å²) in [5.74, 6) is 0.414. The van der Waals surface area contributed by atoms with Gasteiger partial charge in [0.1, 0.15) is 0 Å². The average Bonchev–Trinajstić information content (AvgIpc) is 1.81. The third-order valence-corrected chi connectivity index (χ3v) is 1.49. The summed E-state index contributed by atoms with van der Waals surface area (Å²) in [6.45, 7) is 15.5. The molecule has 0 aromatic rings. The molecular weight excluding hydrogens is 120 g/mol. The van der Waals surface area contributed by atoms with Crippen LogP contribution in [0.5, 0.6) is 0 Å². The van der Waals surface area contributed by atoms with Crippen LogP contribution in [0.15, 0.2) is 37.0 Å². The highest BCUT2D eigenvalue weighted by atomic mass is 14.1. The van der Waals surface area contributed by atoms with Crippen molar-refractivity contribution in [2.75, 3.05) is 0 Å². The van der Waals surface area contributed by atoms with Gasteiger partial charge in [0.05, 0.1) is 0 Å². The summed E-state index contributed by atoms with van der Waals surface area (Å²) in [6, 6.07) is 0. The Morgan fingerprint density at radius 1 is 1.40 bits per heavy atom. The van der Waals surface area contributed by atoms with E-state index in [0.717, 1.165) is 12.0 Å². The smallest absolute Gasteiger partial charge is 0.000556 e. The first-order valence-electron chi connectivity index (χ1n) is 3.50. The average molecular weight is 136 g/mol. The first-order chi connectivity index (χ1) is 4.57. The normalized spacial score (nSPS) is 12.2. The molecule has 0 heteroatoms. The highest BCUT2D eigenvalue weighted by molar-refractivity contribution is 5.09. The van der Waals surface area contributed by atoms with E-state index >= 15 is 0 Å². The van der Waals surface area contributed by atoms with Crippen molar-refractivity contribution in [3.63, 3.8) is 0 Å². The first kappa shape index (κ1) is 9.22. The van der Waals surface area contributed by atoms with E-state index in [1.807, 2.05) is 19.9 Å². The molecule has 0 saturated carbocycles. The molecule has 0 aliphatic carbocycles. The Bertz CT molecular complexity index is 151. The third kappa shape index (κ3) is 3.29.